The molecular formula is C11H22N2O3. The van der Waals surface area contributed by atoms with Gasteiger partial charge in [-0.25, -0.2) is 4.79 Å². The molecule has 0 aromatic carbocycles. The van der Waals surface area contributed by atoms with Crippen LogP contribution in [0.1, 0.15) is 33.6 Å². The van der Waals surface area contributed by atoms with Crippen molar-refractivity contribution in [2.24, 2.45) is 0 Å². The van der Waals surface area contributed by atoms with Crippen LogP contribution in [0.3, 0.4) is 0 Å². The van der Waals surface area contributed by atoms with Gasteiger partial charge in [0.1, 0.15) is 0 Å². The largest absolute Gasteiger partial charge is 0.469 e. The molecule has 0 spiro atoms. The van der Waals surface area contributed by atoms with E-state index in [0.717, 1.165) is 0 Å². The van der Waals surface area contributed by atoms with Gasteiger partial charge in [0.2, 0.25) is 0 Å². The summed E-state index contributed by atoms with van der Waals surface area (Å²) in [6, 6.07) is -0.277. The fraction of sp³-hybridized carbons (Fsp3) is 0.818. The topological polar surface area (TPSA) is 58.6 Å². The highest BCUT2D eigenvalue weighted by Crippen LogP contribution is 2.01. The smallest absolute Gasteiger partial charge is 0.317 e. The normalized spacial score (nSPS) is 11.8. The van der Waals surface area contributed by atoms with Crippen molar-refractivity contribution in [3.8, 4) is 0 Å². The Labute approximate surface area is 97.1 Å². The average molecular weight is 230 g/mol. The van der Waals surface area contributed by atoms with Crippen molar-refractivity contribution in [1.82, 2.24) is 10.2 Å². The highest BCUT2D eigenvalue weighted by molar-refractivity contribution is 5.76. The minimum absolute atomic E-state index is 0.124. The molecule has 5 nitrogen and oxygen atoms in total. The second-order valence-electron chi connectivity index (χ2n) is 3.51. The van der Waals surface area contributed by atoms with Crippen molar-refractivity contribution in [2.45, 2.75) is 39.7 Å². The summed E-state index contributed by atoms with van der Waals surface area (Å²) in [6.45, 7) is 7.10. The molecule has 0 radical (unpaired) electrons. The second-order valence-corrected chi connectivity index (χ2v) is 3.51. The maximum atomic E-state index is 11.7. The van der Waals surface area contributed by atoms with E-state index in [1.807, 2.05) is 20.8 Å². The summed E-state index contributed by atoms with van der Waals surface area (Å²) in [5.41, 5.74) is 0. The molecule has 0 bridgehead atoms. The zero-order valence-electron chi connectivity index (χ0n) is 10.6. The maximum absolute atomic E-state index is 11.7. The number of carbonyl (C=O) groups excluding carboxylic acids is 2. The third-order valence-corrected chi connectivity index (χ3v) is 2.51. The first-order valence-electron chi connectivity index (χ1n) is 5.71. The van der Waals surface area contributed by atoms with Crippen molar-refractivity contribution < 1.29 is 14.3 Å². The van der Waals surface area contributed by atoms with Gasteiger partial charge in [0.15, 0.2) is 0 Å². The first-order chi connectivity index (χ1) is 7.58. The van der Waals surface area contributed by atoms with Crippen LogP contribution in [0.5, 0.6) is 0 Å². The number of amides is 2. The Balaban J connectivity index is 4.20. The van der Waals surface area contributed by atoms with E-state index in [2.05, 4.69) is 10.1 Å². The quantitative estimate of drug-likeness (QED) is 0.701. The van der Waals surface area contributed by atoms with Crippen molar-refractivity contribution >= 4 is 12.0 Å². The molecule has 94 valence electrons. The number of hydrogen-bond acceptors (Lipinski definition) is 3. The average Bonchev–Trinajstić information content (AvgIpc) is 2.29. The van der Waals surface area contributed by atoms with E-state index >= 15 is 0 Å². The summed E-state index contributed by atoms with van der Waals surface area (Å²) in [5.74, 6) is -0.299. The Morgan fingerprint density at radius 2 is 1.81 bits per heavy atom. The fourth-order valence-corrected chi connectivity index (χ4v) is 1.36. The lowest BCUT2D eigenvalue weighted by Crippen LogP contribution is -2.45. The van der Waals surface area contributed by atoms with Gasteiger partial charge in [0.25, 0.3) is 0 Å². The summed E-state index contributed by atoms with van der Waals surface area (Å²) in [6.07, 6.45) is 0.933. The molecule has 0 aromatic heterocycles. The van der Waals surface area contributed by atoms with Crippen LogP contribution in [0.15, 0.2) is 0 Å². The monoisotopic (exact) mass is 230 g/mol. The van der Waals surface area contributed by atoms with Crippen LogP contribution in [0, 0.1) is 0 Å². The van der Waals surface area contributed by atoms with Gasteiger partial charge in [-0.05, 0) is 20.3 Å². The molecule has 0 aliphatic rings. The Hall–Kier alpha value is -1.26. The standard InChI is InChI=1S/C11H22N2O3/c1-5-9(8-10(14)16-4)12-11(15)13(6-2)7-3/h9H,5-8H2,1-4H3,(H,12,15). The summed E-state index contributed by atoms with van der Waals surface area (Å²) >= 11 is 0. The molecule has 0 heterocycles. The van der Waals surface area contributed by atoms with Gasteiger partial charge < -0.3 is 15.0 Å². The lowest BCUT2D eigenvalue weighted by atomic mass is 10.1. The van der Waals surface area contributed by atoms with Crippen LogP contribution >= 0.6 is 0 Å². The second kappa shape index (κ2) is 7.96. The van der Waals surface area contributed by atoms with Crippen molar-refractivity contribution in [2.75, 3.05) is 20.2 Å². The van der Waals surface area contributed by atoms with E-state index < -0.39 is 0 Å². The third kappa shape index (κ3) is 5.00. The summed E-state index contributed by atoms with van der Waals surface area (Å²) < 4.78 is 4.57. The number of rotatable bonds is 6. The molecule has 1 unspecified atom stereocenters. The third-order valence-electron chi connectivity index (χ3n) is 2.51. The molecule has 5 heteroatoms. The van der Waals surface area contributed by atoms with Gasteiger partial charge in [-0.15, -0.1) is 0 Å². The van der Waals surface area contributed by atoms with Crippen molar-refractivity contribution in [1.29, 1.82) is 0 Å². The molecule has 16 heavy (non-hydrogen) atoms. The highest BCUT2D eigenvalue weighted by Gasteiger charge is 2.17. The number of hydrogen-bond donors (Lipinski definition) is 1. The first kappa shape index (κ1) is 14.7. The Kier molecular flexibility index (Phi) is 7.33. The number of methoxy groups -OCH3 is 1. The summed E-state index contributed by atoms with van der Waals surface area (Å²) in [7, 11) is 1.35. The molecule has 0 saturated heterocycles. The van der Waals surface area contributed by atoms with E-state index in [9.17, 15) is 9.59 Å². The van der Waals surface area contributed by atoms with Gasteiger partial charge in [-0.1, -0.05) is 6.92 Å². The lowest BCUT2D eigenvalue weighted by molar-refractivity contribution is -0.141. The van der Waals surface area contributed by atoms with Crippen LogP contribution in [0.2, 0.25) is 0 Å². The molecule has 0 fully saturated rings. The van der Waals surface area contributed by atoms with Crippen LogP contribution in [-0.4, -0.2) is 43.1 Å². The van der Waals surface area contributed by atoms with E-state index in [-0.39, 0.29) is 24.5 Å². The van der Waals surface area contributed by atoms with E-state index in [1.165, 1.54) is 7.11 Å². The molecule has 1 N–H and O–H groups in total. The Bertz CT molecular complexity index is 227. The predicted molar refractivity (Wildman–Crippen MR) is 62.2 cm³/mol. The Morgan fingerprint density at radius 3 is 2.19 bits per heavy atom. The first-order valence-corrected chi connectivity index (χ1v) is 5.71. The van der Waals surface area contributed by atoms with Crippen molar-refractivity contribution in [3.63, 3.8) is 0 Å². The molecule has 0 rings (SSSR count). The SMILES string of the molecule is CCC(CC(=O)OC)NC(=O)N(CC)CC. The van der Waals surface area contributed by atoms with Crippen molar-refractivity contribution in [3.05, 3.63) is 0 Å². The van der Waals surface area contributed by atoms with Crippen LogP contribution in [0.4, 0.5) is 4.79 Å². The molecule has 0 saturated carbocycles. The molecular weight excluding hydrogens is 208 g/mol. The number of esters is 1. The minimum Gasteiger partial charge on any atom is -0.469 e. The number of urea groups is 1. The maximum Gasteiger partial charge on any atom is 0.317 e. The number of nitrogens with zero attached hydrogens (tertiary/aromatic N) is 1. The predicted octanol–water partition coefficient (Wildman–Crippen LogP) is 1.38. The molecule has 0 aromatic rings. The lowest BCUT2D eigenvalue weighted by Gasteiger charge is -2.23. The summed E-state index contributed by atoms with van der Waals surface area (Å²) in [5, 5.41) is 2.82. The zero-order chi connectivity index (χ0) is 12.6. The van der Waals surface area contributed by atoms with Crippen LogP contribution < -0.4 is 5.32 Å². The van der Waals surface area contributed by atoms with Gasteiger partial charge in [0, 0.05) is 19.1 Å². The number of ether oxygens (including phenoxy) is 1. The van der Waals surface area contributed by atoms with Gasteiger partial charge >= 0.3 is 12.0 Å². The van der Waals surface area contributed by atoms with Crippen LogP contribution in [0.25, 0.3) is 0 Å². The molecule has 0 aliphatic carbocycles. The minimum atomic E-state index is -0.299. The number of nitrogens with one attached hydrogen (secondary N) is 1. The van der Waals surface area contributed by atoms with E-state index in [4.69, 9.17) is 0 Å². The van der Waals surface area contributed by atoms with Gasteiger partial charge in [-0.3, -0.25) is 4.79 Å². The molecule has 1 atom stereocenters. The zero-order valence-corrected chi connectivity index (χ0v) is 10.6. The molecule has 2 amide bonds. The van der Waals surface area contributed by atoms with E-state index in [0.29, 0.717) is 19.5 Å². The highest BCUT2D eigenvalue weighted by atomic mass is 16.5. The number of carbonyl (C=O) groups is 2. The van der Waals surface area contributed by atoms with Gasteiger partial charge in [-0.2, -0.15) is 0 Å². The summed E-state index contributed by atoms with van der Waals surface area (Å²) in [4.78, 5) is 24.5. The van der Waals surface area contributed by atoms with Crippen LogP contribution in [-0.2, 0) is 9.53 Å². The van der Waals surface area contributed by atoms with E-state index in [1.54, 1.807) is 4.90 Å². The Morgan fingerprint density at radius 1 is 1.25 bits per heavy atom. The van der Waals surface area contributed by atoms with Gasteiger partial charge in [0.05, 0.1) is 13.5 Å². The molecule has 0 aliphatic heterocycles. The fourth-order valence-electron chi connectivity index (χ4n) is 1.36.